The van der Waals surface area contributed by atoms with E-state index in [1.165, 1.54) is 28.7 Å². The molecule has 1 atom stereocenters. The van der Waals surface area contributed by atoms with E-state index in [2.05, 4.69) is 48.7 Å². The molecule has 0 aliphatic heterocycles. The minimum atomic E-state index is -0.225. The normalized spacial score (nSPS) is 13.9. The van der Waals surface area contributed by atoms with Gasteiger partial charge in [-0.15, -0.1) is 11.3 Å². The molecule has 0 bridgehead atoms. The third-order valence-electron chi connectivity index (χ3n) is 6.59. The predicted octanol–water partition coefficient (Wildman–Crippen LogP) is 7.50. The zero-order chi connectivity index (χ0) is 24.4. The van der Waals surface area contributed by atoms with E-state index in [1.54, 1.807) is 23.5 Å². The van der Waals surface area contributed by atoms with Gasteiger partial charge in [-0.1, -0.05) is 44.2 Å². The van der Waals surface area contributed by atoms with E-state index in [0.29, 0.717) is 11.7 Å². The summed E-state index contributed by atoms with van der Waals surface area (Å²) in [6.07, 6.45) is 5.93. The predicted molar refractivity (Wildman–Crippen MR) is 143 cm³/mol. The van der Waals surface area contributed by atoms with Crippen LogP contribution in [-0.2, 0) is 12.8 Å². The van der Waals surface area contributed by atoms with Crippen molar-refractivity contribution in [3.63, 3.8) is 0 Å². The summed E-state index contributed by atoms with van der Waals surface area (Å²) in [6.45, 7) is 6.41. The van der Waals surface area contributed by atoms with E-state index in [-0.39, 0.29) is 11.9 Å². The van der Waals surface area contributed by atoms with Gasteiger partial charge in [0.1, 0.15) is 10.8 Å². The lowest BCUT2D eigenvalue weighted by Gasteiger charge is -2.24. The Kier molecular flexibility index (Phi) is 6.73. The highest BCUT2D eigenvalue weighted by Gasteiger charge is 2.29. The van der Waals surface area contributed by atoms with Crippen molar-refractivity contribution in [2.75, 3.05) is 10.6 Å². The minimum Gasteiger partial charge on any atom is -0.459 e. The monoisotopic (exact) mass is 485 g/mol. The fourth-order valence-corrected chi connectivity index (χ4v) is 6.05. The Morgan fingerprint density at radius 3 is 2.49 bits per heavy atom. The molecule has 0 unspecified atom stereocenters. The van der Waals surface area contributed by atoms with Crippen molar-refractivity contribution < 1.29 is 9.21 Å². The Morgan fingerprint density at radius 2 is 1.77 bits per heavy atom. The molecular formula is C29H31N3O2S. The lowest BCUT2D eigenvalue weighted by molar-refractivity contribution is 0.0997. The number of amides is 1. The van der Waals surface area contributed by atoms with E-state index >= 15 is 0 Å². The molecule has 3 heterocycles. The number of carbonyl (C=O) groups excluding carboxylic acids is 1. The zero-order valence-corrected chi connectivity index (χ0v) is 21.2. The van der Waals surface area contributed by atoms with Gasteiger partial charge in [-0.2, -0.15) is 0 Å². The van der Waals surface area contributed by atoms with Crippen LogP contribution in [-0.4, -0.2) is 10.9 Å². The third kappa shape index (κ3) is 5.03. The van der Waals surface area contributed by atoms with Crippen molar-refractivity contribution in [3.05, 3.63) is 99.4 Å². The molecule has 0 fully saturated rings. The number of rotatable bonds is 7. The number of aryl methyl sites for hydroxylation is 2. The van der Waals surface area contributed by atoms with Crippen molar-refractivity contribution >= 4 is 28.1 Å². The van der Waals surface area contributed by atoms with Gasteiger partial charge in [-0.3, -0.25) is 4.79 Å². The molecule has 1 aliphatic carbocycles. The Morgan fingerprint density at radius 1 is 1.00 bits per heavy atom. The van der Waals surface area contributed by atoms with Crippen LogP contribution in [0.1, 0.15) is 82.0 Å². The molecule has 1 aliphatic rings. The number of furan rings is 1. The van der Waals surface area contributed by atoms with Crippen molar-refractivity contribution in [1.29, 1.82) is 0 Å². The van der Waals surface area contributed by atoms with Gasteiger partial charge in [0.25, 0.3) is 5.91 Å². The van der Waals surface area contributed by atoms with Gasteiger partial charge in [0.05, 0.1) is 12.3 Å². The van der Waals surface area contributed by atoms with E-state index in [9.17, 15) is 4.79 Å². The quantitative estimate of drug-likeness (QED) is 0.284. The smallest absolute Gasteiger partial charge is 0.291 e. The molecule has 1 aromatic carbocycles. The molecule has 4 aromatic rings. The number of anilines is 2. The van der Waals surface area contributed by atoms with Crippen molar-refractivity contribution in [1.82, 2.24) is 4.98 Å². The summed E-state index contributed by atoms with van der Waals surface area (Å²) in [6, 6.07) is 18.1. The molecule has 0 saturated heterocycles. The highest BCUT2D eigenvalue weighted by molar-refractivity contribution is 7.16. The summed E-state index contributed by atoms with van der Waals surface area (Å²) in [4.78, 5) is 19.1. The summed E-state index contributed by atoms with van der Waals surface area (Å²) < 4.78 is 5.37. The van der Waals surface area contributed by atoms with E-state index in [1.807, 2.05) is 25.1 Å². The van der Waals surface area contributed by atoms with Crippen molar-refractivity contribution in [2.24, 2.45) is 0 Å². The van der Waals surface area contributed by atoms with Crippen LogP contribution in [0.25, 0.3) is 0 Å². The lowest BCUT2D eigenvalue weighted by Crippen LogP contribution is -2.19. The molecule has 6 heteroatoms. The summed E-state index contributed by atoms with van der Waals surface area (Å²) >= 11 is 1.70. The van der Waals surface area contributed by atoms with Gasteiger partial charge in [0.2, 0.25) is 0 Å². The number of hydrogen-bond donors (Lipinski definition) is 2. The second-order valence-electron chi connectivity index (χ2n) is 9.45. The van der Waals surface area contributed by atoms with E-state index in [0.717, 1.165) is 46.9 Å². The number of fused-ring (bicyclic) bond motifs is 1. The van der Waals surface area contributed by atoms with Crippen molar-refractivity contribution in [3.8, 4) is 0 Å². The maximum absolute atomic E-state index is 13.0. The maximum Gasteiger partial charge on any atom is 0.291 e. The number of nitrogens with one attached hydrogen (secondary N) is 2. The number of hydrogen-bond acceptors (Lipinski definition) is 5. The first-order chi connectivity index (χ1) is 17.0. The average molecular weight is 486 g/mol. The number of benzene rings is 1. The van der Waals surface area contributed by atoms with Crippen LogP contribution in [0.4, 0.5) is 10.8 Å². The first-order valence-electron chi connectivity index (χ1n) is 12.3. The Labute approximate surface area is 210 Å². The number of aromatic nitrogens is 1. The van der Waals surface area contributed by atoms with Gasteiger partial charge < -0.3 is 15.1 Å². The van der Waals surface area contributed by atoms with Crippen LogP contribution in [0.5, 0.6) is 0 Å². The number of pyridine rings is 1. The third-order valence-corrected chi connectivity index (χ3v) is 7.81. The van der Waals surface area contributed by atoms with Crippen molar-refractivity contribution in [2.45, 2.75) is 58.4 Å². The van der Waals surface area contributed by atoms with Gasteiger partial charge >= 0.3 is 0 Å². The highest BCUT2D eigenvalue weighted by atomic mass is 32.1. The highest BCUT2D eigenvalue weighted by Crippen LogP contribution is 2.44. The minimum absolute atomic E-state index is 0.143. The summed E-state index contributed by atoms with van der Waals surface area (Å²) in [5.41, 5.74) is 5.92. The van der Waals surface area contributed by atoms with Crippen LogP contribution in [0.3, 0.4) is 0 Å². The standard InChI is InChI=1S/C29H31N3O2S/c1-18(2)20-13-15-21(16-14-20)27(31-25-12-6-8-19(3)30-25)26-22-9-4-5-11-24(22)35-29(26)32-28(33)23-10-7-17-34-23/h6-8,10,12-18,27H,4-5,9,11H2,1-3H3,(H,30,31)(H,32,33)/t27-/m1/s1. The molecule has 3 aromatic heterocycles. The summed E-state index contributed by atoms with van der Waals surface area (Å²) in [5.74, 6) is 1.37. The Balaban J connectivity index is 1.61. The molecule has 1 amide bonds. The van der Waals surface area contributed by atoms with Gasteiger partial charge in [-0.05, 0) is 79.5 Å². The SMILES string of the molecule is Cc1cccc(N[C@H](c2ccc(C(C)C)cc2)c2c(NC(=O)c3ccco3)sc3c2CCCC3)n1. The van der Waals surface area contributed by atoms with E-state index in [4.69, 9.17) is 9.40 Å². The summed E-state index contributed by atoms with van der Waals surface area (Å²) in [5, 5.41) is 7.76. The first-order valence-corrected chi connectivity index (χ1v) is 13.1. The second kappa shape index (κ2) is 10.1. The van der Waals surface area contributed by atoms with E-state index < -0.39 is 0 Å². The first kappa shape index (κ1) is 23.4. The molecule has 0 spiro atoms. The molecule has 180 valence electrons. The fraction of sp³-hybridized carbons (Fsp3) is 0.310. The second-order valence-corrected chi connectivity index (χ2v) is 10.6. The molecule has 5 rings (SSSR count). The average Bonchev–Trinajstić information content (AvgIpc) is 3.51. The van der Waals surface area contributed by atoms with Crippen LogP contribution in [0.15, 0.2) is 65.3 Å². The van der Waals surface area contributed by atoms with Gasteiger partial charge in [-0.25, -0.2) is 4.98 Å². The zero-order valence-electron chi connectivity index (χ0n) is 20.4. The van der Waals surface area contributed by atoms with Crippen LogP contribution in [0.2, 0.25) is 0 Å². The molecule has 0 radical (unpaired) electrons. The summed E-state index contributed by atoms with van der Waals surface area (Å²) in [7, 11) is 0. The molecule has 0 saturated carbocycles. The number of thiophene rings is 1. The van der Waals surface area contributed by atoms with Crippen LogP contribution < -0.4 is 10.6 Å². The van der Waals surface area contributed by atoms with Crippen LogP contribution in [0, 0.1) is 6.92 Å². The molecule has 35 heavy (non-hydrogen) atoms. The number of carbonyl (C=O) groups is 1. The molecular weight excluding hydrogens is 454 g/mol. The Bertz CT molecular complexity index is 1310. The lowest BCUT2D eigenvalue weighted by atomic mass is 9.88. The topological polar surface area (TPSA) is 67.2 Å². The largest absolute Gasteiger partial charge is 0.459 e. The maximum atomic E-state index is 13.0. The van der Waals surface area contributed by atoms with Gasteiger partial charge in [0, 0.05) is 16.1 Å². The fourth-order valence-electron chi connectivity index (χ4n) is 4.73. The molecule has 5 nitrogen and oxygen atoms in total. The molecule has 2 N–H and O–H groups in total. The Hall–Kier alpha value is -3.38. The number of nitrogens with zero attached hydrogens (tertiary/aromatic N) is 1. The van der Waals surface area contributed by atoms with Gasteiger partial charge in [0.15, 0.2) is 5.76 Å². The van der Waals surface area contributed by atoms with Crippen LogP contribution >= 0.6 is 11.3 Å².